The molecule has 0 saturated heterocycles. The third kappa shape index (κ3) is 4.20. The lowest BCUT2D eigenvalue weighted by molar-refractivity contribution is -0.137. The van der Waals surface area contributed by atoms with E-state index in [9.17, 15) is 13.2 Å². The summed E-state index contributed by atoms with van der Waals surface area (Å²) in [5, 5.41) is 0. The first-order chi connectivity index (χ1) is 7.54. The van der Waals surface area contributed by atoms with E-state index >= 15 is 0 Å². The zero-order valence-electron chi connectivity index (χ0n) is 8.88. The average molecular weight is 234 g/mol. The van der Waals surface area contributed by atoms with Gasteiger partial charge in [-0.05, 0) is 24.1 Å². The van der Waals surface area contributed by atoms with Crippen LogP contribution >= 0.6 is 0 Å². The van der Waals surface area contributed by atoms with Gasteiger partial charge in [-0.3, -0.25) is 0 Å². The lowest BCUT2D eigenvalue weighted by Crippen LogP contribution is -2.05. The van der Waals surface area contributed by atoms with Gasteiger partial charge in [-0.25, -0.2) is 0 Å². The fourth-order valence-corrected chi connectivity index (χ4v) is 1.19. The maximum Gasteiger partial charge on any atom is 0.416 e. The molecule has 90 valence electrons. The zero-order valence-corrected chi connectivity index (χ0v) is 8.88. The van der Waals surface area contributed by atoms with Gasteiger partial charge in [-0.1, -0.05) is 12.1 Å². The molecule has 1 aromatic rings. The minimum absolute atomic E-state index is 0.195. The standard InChI is InChI=1S/C11H13F3O2/c1-15-8-16-7-6-9-2-4-10(5-3-9)11(12,13)14/h2-5H,6-8H2,1H3. The first-order valence-electron chi connectivity index (χ1n) is 4.77. The molecule has 1 aromatic carbocycles. The van der Waals surface area contributed by atoms with Crippen LogP contribution in [0.2, 0.25) is 0 Å². The maximum absolute atomic E-state index is 12.2. The zero-order chi connectivity index (χ0) is 12.0. The summed E-state index contributed by atoms with van der Waals surface area (Å²) in [6.07, 6.45) is -3.70. The molecule has 5 heteroatoms. The highest BCUT2D eigenvalue weighted by Crippen LogP contribution is 2.29. The molecule has 0 aliphatic heterocycles. The van der Waals surface area contributed by atoms with E-state index in [1.54, 1.807) is 0 Å². The molecular formula is C11H13F3O2. The van der Waals surface area contributed by atoms with Gasteiger partial charge in [0.2, 0.25) is 0 Å². The number of hydrogen-bond acceptors (Lipinski definition) is 2. The molecule has 0 bridgehead atoms. The molecule has 0 amide bonds. The fraction of sp³-hybridized carbons (Fsp3) is 0.455. The van der Waals surface area contributed by atoms with E-state index in [0.29, 0.717) is 13.0 Å². The van der Waals surface area contributed by atoms with Crippen LogP contribution in [0.15, 0.2) is 24.3 Å². The van der Waals surface area contributed by atoms with Crippen molar-refractivity contribution in [3.8, 4) is 0 Å². The number of alkyl halides is 3. The Morgan fingerprint density at radius 3 is 2.25 bits per heavy atom. The normalized spacial score (nSPS) is 11.8. The predicted molar refractivity (Wildman–Crippen MR) is 53.0 cm³/mol. The highest BCUT2D eigenvalue weighted by molar-refractivity contribution is 5.24. The molecule has 2 nitrogen and oxygen atoms in total. The smallest absolute Gasteiger partial charge is 0.359 e. The largest absolute Gasteiger partial charge is 0.416 e. The van der Waals surface area contributed by atoms with Crippen LogP contribution in [0.5, 0.6) is 0 Å². The highest BCUT2D eigenvalue weighted by atomic mass is 19.4. The number of methoxy groups -OCH3 is 1. The van der Waals surface area contributed by atoms with Gasteiger partial charge in [-0.2, -0.15) is 13.2 Å². The van der Waals surface area contributed by atoms with Crippen LogP contribution in [0, 0.1) is 0 Å². The molecule has 0 aliphatic carbocycles. The van der Waals surface area contributed by atoms with E-state index < -0.39 is 11.7 Å². The average Bonchev–Trinajstić information content (AvgIpc) is 2.24. The lowest BCUT2D eigenvalue weighted by Gasteiger charge is -2.07. The molecule has 16 heavy (non-hydrogen) atoms. The van der Waals surface area contributed by atoms with Gasteiger partial charge in [0.25, 0.3) is 0 Å². The van der Waals surface area contributed by atoms with Crippen LogP contribution in [0.4, 0.5) is 13.2 Å². The minimum atomic E-state index is -4.27. The van der Waals surface area contributed by atoms with Crippen molar-refractivity contribution in [2.75, 3.05) is 20.5 Å². The van der Waals surface area contributed by atoms with Gasteiger partial charge >= 0.3 is 6.18 Å². The van der Waals surface area contributed by atoms with Gasteiger partial charge in [0.1, 0.15) is 6.79 Å². The van der Waals surface area contributed by atoms with Crippen molar-refractivity contribution in [1.29, 1.82) is 0 Å². The molecule has 0 heterocycles. The summed E-state index contributed by atoms with van der Waals surface area (Å²) in [7, 11) is 1.51. The van der Waals surface area contributed by atoms with Crippen molar-refractivity contribution in [2.45, 2.75) is 12.6 Å². The molecule has 0 N–H and O–H groups in total. The van der Waals surface area contributed by atoms with E-state index in [1.807, 2.05) is 0 Å². The first-order valence-corrected chi connectivity index (χ1v) is 4.77. The molecule has 0 unspecified atom stereocenters. The SMILES string of the molecule is COCOCCc1ccc(C(F)(F)F)cc1. The summed E-state index contributed by atoms with van der Waals surface area (Å²) in [5.41, 5.74) is 0.179. The number of hydrogen-bond donors (Lipinski definition) is 0. The summed E-state index contributed by atoms with van der Waals surface area (Å²) in [6, 6.07) is 5.06. The summed E-state index contributed by atoms with van der Waals surface area (Å²) in [4.78, 5) is 0. The van der Waals surface area contributed by atoms with Crippen LogP contribution in [0.3, 0.4) is 0 Å². The van der Waals surface area contributed by atoms with E-state index in [1.165, 1.54) is 19.2 Å². The van der Waals surface area contributed by atoms with Crippen LogP contribution < -0.4 is 0 Å². The van der Waals surface area contributed by atoms with Crippen LogP contribution in [0.1, 0.15) is 11.1 Å². The predicted octanol–water partition coefficient (Wildman–Crippen LogP) is 2.87. The molecule has 0 radical (unpaired) electrons. The number of halogens is 3. The second kappa shape index (κ2) is 5.86. The van der Waals surface area contributed by atoms with Crippen LogP contribution in [0.25, 0.3) is 0 Å². The van der Waals surface area contributed by atoms with Crippen molar-refractivity contribution < 1.29 is 22.6 Å². The third-order valence-electron chi connectivity index (χ3n) is 2.02. The Morgan fingerprint density at radius 2 is 1.75 bits per heavy atom. The van der Waals surface area contributed by atoms with Gasteiger partial charge in [0.05, 0.1) is 12.2 Å². The number of ether oxygens (including phenoxy) is 2. The summed E-state index contributed by atoms with van der Waals surface area (Å²) < 4.78 is 46.4. The van der Waals surface area contributed by atoms with Crippen LogP contribution in [-0.4, -0.2) is 20.5 Å². The van der Waals surface area contributed by atoms with Gasteiger partial charge < -0.3 is 9.47 Å². The number of rotatable bonds is 5. The molecule has 0 saturated carbocycles. The highest BCUT2D eigenvalue weighted by Gasteiger charge is 2.29. The molecule has 0 aliphatic rings. The Labute approximate surface area is 92.0 Å². The molecular weight excluding hydrogens is 221 g/mol. The fourth-order valence-electron chi connectivity index (χ4n) is 1.19. The second-order valence-corrected chi connectivity index (χ2v) is 3.26. The Hall–Kier alpha value is -1.07. The van der Waals surface area contributed by atoms with E-state index in [-0.39, 0.29) is 6.79 Å². The Bertz CT molecular complexity index is 306. The van der Waals surface area contributed by atoms with E-state index in [4.69, 9.17) is 4.74 Å². The van der Waals surface area contributed by atoms with Crippen LogP contribution in [-0.2, 0) is 22.1 Å². The molecule has 0 fully saturated rings. The second-order valence-electron chi connectivity index (χ2n) is 3.26. The molecule has 1 rings (SSSR count). The molecule has 0 atom stereocenters. The van der Waals surface area contributed by atoms with Crippen molar-refractivity contribution in [2.24, 2.45) is 0 Å². The van der Waals surface area contributed by atoms with Gasteiger partial charge in [0, 0.05) is 7.11 Å². The Balaban J connectivity index is 2.46. The third-order valence-corrected chi connectivity index (χ3v) is 2.02. The summed E-state index contributed by atoms with van der Waals surface area (Å²) in [5.74, 6) is 0. The van der Waals surface area contributed by atoms with E-state index in [0.717, 1.165) is 17.7 Å². The van der Waals surface area contributed by atoms with Crippen molar-refractivity contribution in [3.05, 3.63) is 35.4 Å². The van der Waals surface area contributed by atoms with Crippen molar-refractivity contribution in [1.82, 2.24) is 0 Å². The van der Waals surface area contributed by atoms with Gasteiger partial charge in [0.15, 0.2) is 0 Å². The topological polar surface area (TPSA) is 18.5 Å². The quantitative estimate of drug-likeness (QED) is 0.576. The Morgan fingerprint density at radius 1 is 1.12 bits per heavy atom. The summed E-state index contributed by atoms with van der Waals surface area (Å²) >= 11 is 0. The van der Waals surface area contributed by atoms with Crippen molar-refractivity contribution in [3.63, 3.8) is 0 Å². The lowest BCUT2D eigenvalue weighted by atomic mass is 10.1. The van der Waals surface area contributed by atoms with Crippen molar-refractivity contribution >= 4 is 0 Å². The minimum Gasteiger partial charge on any atom is -0.359 e. The Kier molecular flexibility index (Phi) is 4.76. The monoisotopic (exact) mass is 234 g/mol. The number of benzene rings is 1. The summed E-state index contributed by atoms with van der Waals surface area (Å²) in [6.45, 7) is 0.625. The molecule has 0 aromatic heterocycles. The maximum atomic E-state index is 12.2. The van der Waals surface area contributed by atoms with E-state index in [2.05, 4.69) is 4.74 Å². The van der Waals surface area contributed by atoms with Gasteiger partial charge in [-0.15, -0.1) is 0 Å². The first kappa shape index (κ1) is 13.0. The molecule has 0 spiro atoms.